The fraction of sp³-hybridized carbons (Fsp3) is 0.320. The molecule has 3 aromatic rings. The molecule has 0 radical (unpaired) electrons. The molecule has 0 fully saturated rings. The highest BCUT2D eigenvalue weighted by Gasteiger charge is 2.25. The number of carbonyl (C=O) groups is 2. The van der Waals surface area contributed by atoms with Crippen LogP contribution >= 0.6 is 11.6 Å². The van der Waals surface area contributed by atoms with Crippen LogP contribution in [0.1, 0.15) is 46.8 Å². The lowest BCUT2D eigenvalue weighted by Gasteiger charge is -2.12. The van der Waals surface area contributed by atoms with E-state index < -0.39 is 5.97 Å². The van der Waals surface area contributed by atoms with E-state index in [4.69, 9.17) is 31.9 Å². The van der Waals surface area contributed by atoms with Crippen LogP contribution in [0.25, 0.3) is 0 Å². The second-order valence-corrected chi connectivity index (χ2v) is 8.43. The Kier molecular flexibility index (Phi) is 10.3. The maximum absolute atomic E-state index is 12.2. The van der Waals surface area contributed by atoms with E-state index in [1.165, 1.54) is 25.6 Å². The van der Waals surface area contributed by atoms with Gasteiger partial charge in [-0.2, -0.15) is 4.98 Å². The van der Waals surface area contributed by atoms with Crippen molar-refractivity contribution in [1.29, 1.82) is 0 Å². The number of carbonyl (C=O) groups excluding carboxylic acids is 1. The summed E-state index contributed by atoms with van der Waals surface area (Å²) in [6.07, 6.45) is 4.55. The molecule has 1 aliphatic heterocycles. The quantitative estimate of drug-likeness (QED) is 0.328. The lowest BCUT2D eigenvalue weighted by atomic mass is 10.0. The summed E-state index contributed by atoms with van der Waals surface area (Å²) >= 11 is 5.41. The van der Waals surface area contributed by atoms with Crippen LogP contribution in [-0.4, -0.2) is 68.8 Å². The van der Waals surface area contributed by atoms with Crippen LogP contribution in [0.15, 0.2) is 47.7 Å². The standard InChI is InChI=1S/C19H23N5O3.C6H5ClN2O3/c1-3-26-17-11-21-16(10-22-17)18(25)23-14-7-4-13(5-8-14)6-9-15-12(2)27-19(20)24-15;1-12-4-2-3(5(10)11)8-6(7)9-4/h4-5,7-8,10-12,15H,3,6,9H2,1-2H3,(H2,20,24)(H,23,25);2H,1H3,(H,10,11)/t12-,15-;/m0./s1. The zero-order chi connectivity index (χ0) is 28.4. The summed E-state index contributed by atoms with van der Waals surface area (Å²) in [6, 6.07) is 9.22. The van der Waals surface area contributed by atoms with Crippen molar-refractivity contribution in [2.75, 3.05) is 19.0 Å². The van der Waals surface area contributed by atoms with Crippen LogP contribution in [0.4, 0.5) is 5.69 Å². The van der Waals surface area contributed by atoms with Gasteiger partial charge in [-0.1, -0.05) is 12.1 Å². The Morgan fingerprint density at radius 2 is 1.87 bits per heavy atom. The number of aromatic nitrogens is 4. The van der Waals surface area contributed by atoms with E-state index >= 15 is 0 Å². The number of benzene rings is 1. The molecule has 0 spiro atoms. The van der Waals surface area contributed by atoms with Crippen molar-refractivity contribution in [1.82, 2.24) is 19.9 Å². The second kappa shape index (κ2) is 13.9. The predicted molar refractivity (Wildman–Crippen MR) is 142 cm³/mol. The lowest BCUT2D eigenvalue weighted by Crippen LogP contribution is -2.20. The Morgan fingerprint density at radius 3 is 2.44 bits per heavy atom. The molecule has 0 unspecified atom stereocenters. The Bertz CT molecular complexity index is 1310. The molecule has 1 amide bonds. The molecule has 1 aromatic carbocycles. The molecule has 0 bridgehead atoms. The molecule has 14 heteroatoms. The van der Waals surface area contributed by atoms with Gasteiger partial charge in [0, 0.05) is 11.8 Å². The highest BCUT2D eigenvalue weighted by Crippen LogP contribution is 2.19. The SMILES string of the molecule is CCOc1cnc(C(=O)Nc2ccc(CC[C@@H]3N=C(N)O[C@H]3C)cc2)cn1.COc1cc(C(=O)O)nc(Cl)n1. The first-order valence-electron chi connectivity index (χ1n) is 11.9. The van der Waals surface area contributed by atoms with Crippen molar-refractivity contribution in [3.05, 3.63) is 65.0 Å². The molecule has 0 aliphatic carbocycles. The average Bonchev–Trinajstić information content (AvgIpc) is 3.25. The fourth-order valence-corrected chi connectivity index (χ4v) is 3.57. The summed E-state index contributed by atoms with van der Waals surface area (Å²) in [4.78, 5) is 42.1. The minimum atomic E-state index is -1.17. The van der Waals surface area contributed by atoms with E-state index in [1.807, 2.05) is 38.1 Å². The van der Waals surface area contributed by atoms with Crippen molar-refractivity contribution in [2.24, 2.45) is 10.7 Å². The number of aryl methyl sites for hydroxylation is 1. The van der Waals surface area contributed by atoms with Crippen molar-refractivity contribution in [2.45, 2.75) is 38.8 Å². The number of nitrogens with one attached hydrogen (secondary N) is 1. The first kappa shape index (κ1) is 29.0. The van der Waals surface area contributed by atoms with Gasteiger partial charge in [-0.05, 0) is 56.0 Å². The first-order chi connectivity index (χ1) is 18.7. The number of nitrogens with two attached hydrogens (primary N) is 1. The number of rotatable bonds is 9. The second-order valence-electron chi connectivity index (χ2n) is 8.09. The Labute approximate surface area is 229 Å². The van der Waals surface area contributed by atoms with Gasteiger partial charge in [-0.15, -0.1) is 0 Å². The Balaban J connectivity index is 0.000000293. The van der Waals surface area contributed by atoms with Gasteiger partial charge in [-0.25, -0.2) is 24.7 Å². The van der Waals surface area contributed by atoms with E-state index in [0.29, 0.717) is 18.2 Å². The van der Waals surface area contributed by atoms with Gasteiger partial charge in [0.1, 0.15) is 11.8 Å². The maximum atomic E-state index is 12.2. The summed E-state index contributed by atoms with van der Waals surface area (Å²) in [5.74, 6) is -0.962. The van der Waals surface area contributed by atoms with E-state index in [1.54, 1.807) is 0 Å². The first-order valence-corrected chi connectivity index (χ1v) is 12.2. The van der Waals surface area contributed by atoms with Crippen LogP contribution in [0.5, 0.6) is 11.8 Å². The number of amides is 1. The summed E-state index contributed by atoms with van der Waals surface area (Å²) in [6.45, 7) is 4.33. The number of aliphatic imine (C=N–C) groups is 1. The largest absolute Gasteiger partial charge is 0.481 e. The zero-order valence-electron chi connectivity index (χ0n) is 21.5. The third-order valence-corrected chi connectivity index (χ3v) is 5.51. The number of ether oxygens (including phenoxy) is 3. The number of methoxy groups -OCH3 is 1. The molecule has 13 nitrogen and oxygen atoms in total. The molecule has 0 saturated heterocycles. The van der Waals surface area contributed by atoms with Gasteiger partial charge in [0.15, 0.2) is 5.69 Å². The van der Waals surface area contributed by atoms with E-state index in [9.17, 15) is 9.59 Å². The molecule has 1 aliphatic rings. The Morgan fingerprint density at radius 1 is 1.13 bits per heavy atom. The number of carboxylic acid groups (broad SMARTS) is 1. The van der Waals surface area contributed by atoms with Gasteiger partial charge in [0.25, 0.3) is 11.9 Å². The molecule has 2 aromatic heterocycles. The minimum Gasteiger partial charge on any atom is -0.481 e. The molecule has 4 N–H and O–H groups in total. The van der Waals surface area contributed by atoms with Crippen LogP contribution < -0.4 is 20.5 Å². The van der Waals surface area contributed by atoms with Gasteiger partial charge >= 0.3 is 5.97 Å². The minimum absolute atomic E-state index is 0.0128. The Hall–Kier alpha value is -4.52. The number of hydrogen-bond acceptors (Lipinski definition) is 11. The summed E-state index contributed by atoms with van der Waals surface area (Å²) in [5.41, 5.74) is 7.48. The number of halogens is 1. The molecule has 3 heterocycles. The number of anilines is 1. The van der Waals surface area contributed by atoms with Gasteiger partial charge in [-0.3, -0.25) is 4.79 Å². The van der Waals surface area contributed by atoms with Gasteiger partial charge in [0.2, 0.25) is 17.0 Å². The van der Waals surface area contributed by atoms with Crippen molar-refractivity contribution < 1.29 is 28.9 Å². The normalized spacial score (nSPS) is 15.7. The summed E-state index contributed by atoms with van der Waals surface area (Å²) in [7, 11) is 1.37. The lowest BCUT2D eigenvalue weighted by molar-refractivity contribution is 0.0689. The van der Waals surface area contributed by atoms with Gasteiger partial charge in [0.05, 0.1) is 32.2 Å². The van der Waals surface area contributed by atoms with Crippen LogP contribution in [0, 0.1) is 0 Å². The summed E-state index contributed by atoms with van der Waals surface area (Å²) in [5, 5.41) is 11.2. The van der Waals surface area contributed by atoms with Crippen LogP contribution in [-0.2, 0) is 11.2 Å². The maximum Gasteiger partial charge on any atom is 0.354 e. The molecule has 4 rings (SSSR count). The number of aromatic carboxylic acids is 1. The molecular weight excluding hydrogens is 530 g/mol. The molecule has 2 atom stereocenters. The van der Waals surface area contributed by atoms with E-state index in [-0.39, 0.29) is 46.6 Å². The number of hydrogen-bond donors (Lipinski definition) is 3. The van der Waals surface area contributed by atoms with Gasteiger partial charge < -0.3 is 30.4 Å². The zero-order valence-corrected chi connectivity index (χ0v) is 22.3. The van der Waals surface area contributed by atoms with Crippen LogP contribution in [0.2, 0.25) is 5.28 Å². The van der Waals surface area contributed by atoms with Crippen molar-refractivity contribution in [3.8, 4) is 11.8 Å². The molecule has 206 valence electrons. The van der Waals surface area contributed by atoms with Crippen LogP contribution in [0.3, 0.4) is 0 Å². The third kappa shape index (κ3) is 8.78. The molecule has 0 saturated carbocycles. The average molecular weight is 558 g/mol. The number of carboxylic acids is 1. The smallest absolute Gasteiger partial charge is 0.354 e. The third-order valence-electron chi connectivity index (χ3n) is 5.34. The van der Waals surface area contributed by atoms with Crippen molar-refractivity contribution >= 4 is 35.2 Å². The summed E-state index contributed by atoms with van der Waals surface area (Å²) < 4.78 is 15.3. The van der Waals surface area contributed by atoms with E-state index in [0.717, 1.165) is 18.4 Å². The predicted octanol–water partition coefficient (Wildman–Crippen LogP) is 3.00. The monoisotopic (exact) mass is 557 g/mol. The number of nitrogens with zero attached hydrogens (tertiary/aromatic N) is 5. The number of amidine groups is 1. The molecular formula is C25H28ClN7O6. The fourth-order valence-electron chi connectivity index (χ4n) is 3.40. The highest BCUT2D eigenvalue weighted by molar-refractivity contribution is 6.28. The van der Waals surface area contributed by atoms with Crippen molar-refractivity contribution in [3.63, 3.8) is 0 Å². The topological polar surface area (TPSA) is 184 Å². The molecule has 39 heavy (non-hydrogen) atoms. The highest BCUT2D eigenvalue weighted by atomic mass is 35.5. The van der Waals surface area contributed by atoms with E-state index in [2.05, 4.69) is 35.0 Å².